The van der Waals surface area contributed by atoms with Crippen LogP contribution in [0.2, 0.25) is 0 Å². The molecule has 2 atom stereocenters. The minimum atomic E-state index is 0. The monoisotopic (exact) mass is 410 g/mol. The van der Waals surface area contributed by atoms with Gasteiger partial charge in [0.05, 0.1) is 0 Å². The minimum absolute atomic E-state index is 0. The largest absolute Gasteiger partial charge is 0.503 e. The second kappa shape index (κ2) is 11.2. The number of nitrogens with zero attached hydrogens (tertiary/aromatic N) is 2. The minimum Gasteiger partial charge on any atom is -0.503 e. The number of hydrogen-bond donors (Lipinski definition) is 0. The molecule has 0 N–H and O–H groups in total. The van der Waals surface area contributed by atoms with E-state index in [0.29, 0.717) is 12.1 Å². The van der Waals surface area contributed by atoms with Crippen molar-refractivity contribution < 1.29 is 65.4 Å². The van der Waals surface area contributed by atoms with Crippen molar-refractivity contribution in [2.75, 3.05) is 0 Å². The van der Waals surface area contributed by atoms with E-state index in [-0.39, 0.29) is 65.4 Å². The zero-order valence-electron chi connectivity index (χ0n) is 11.9. The van der Waals surface area contributed by atoms with Crippen LogP contribution in [0.3, 0.4) is 0 Å². The zero-order chi connectivity index (χ0) is 12.1. The van der Waals surface area contributed by atoms with Crippen LogP contribution in [0.4, 0.5) is 0 Å². The Morgan fingerprint density at radius 1 is 0.789 bits per heavy atom. The van der Waals surface area contributed by atoms with Gasteiger partial charge in [-0.2, -0.15) is 0 Å². The first-order chi connectivity index (χ1) is 8.33. The summed E-state index contributed by atoms with van der Waals surface area (Å²) in [5, 5.41) is 0. The van der Waals surface area contributed by atoms with Crippen molar-refractivity contribution >= 4 is 13.4 Å². The summed E-state index contributed by atoms with van der Waals surface area (Å²) in [6.45, 7) is 10.9. The summed E-state index contributed by atoms with van der Waals surface area (Å²) in [4.78, 5) is 8.01. The van der Waals surface area contributed by atoms with Crippen LogP contribution in [0.15, 0.2) is 9.98 Å². The average Bonchev–Trinajstić information content (AvgIpc) is 2.40. The van der Waals surface area contributed by atoms with Crippen LogP contribution in [0.1, 0.15) is 57.8 Å². The van der Waals surface area contributed by atoms with Crippen molar-refractivity contribution in [2.24, 2.45) is 21.8 Å². The van der Waals surface area contributed by atoms with Gasteiger partial charge >= 0.3 is 0 Å². The Bertz CT molecular complexity index is 263. The molecule has 2 nitrogen and oxygen atoms in total. The molecule has 102 valence electrons. The molecule has 0 bridgehead atoms. The maximum absolute atomic E-state index is 5.54. The predicted octanol–water partition coefficient (Wildman–Crippen LogP) is 3.64. The predicted molar refractivity (Wildman–Crippen MR) is 73.1 cm³/mol. The van der Waals surface area contributed by atoms with Gasteiger partial charge in [0.2, 0.25) is 0 Å². The van der Waals surface area contributed by atoms with Crippen LogP contribution in [0.25, 0.3) is 0 Å². The number of rotatable bonds is 4. The fourth-order valence-corrected chi connectivity index (χ4v) is 3.62. The van der Waals surface area contributed by atoms with Gasteiger partial charge in [0.15, 0.2) is 0 Å². The van der Waals surface area contributed by atoms with E-state index in [1.54, 1.807) is 0 Å². The zero-order valence-corrected chi connectivity index (χ0v) is 17.6. The Hall–Kier alpha value is 1.55. The maximum Gasteiger partial charge on any atom is 0.0142 e. The van der Waals surface area contributed by atoms with E-state index in [9.17, 15) is 0 Å². The molecule has 2 unspecified atom stereocenters. The molecule has 0 spiro atoms. The molecule has 2 rings (SSSR count). The number of aliphatic imine (C=N–C) groups is 2. The van der Waals surface area contributed by atoms with Crippen molar-refractivity contribution in [3.8, 4) is 0 Å². The third kappa shape index (κ3) is 6.45. The molecule has 0 aromatic rings. The summed E-state index contributed by atoms with van der Waals surface area (Å²) in [5.74, 6) is 1.60. The molecule has 2 radical (unpaired) electrons. The normalized spacial score (nSPS) is 34.5. The van der Waals surface area contributed by atoms with E-state index in [1.165, 1.54) is 57.8 Å². The van der Waals surface area contributed by atoms with Gasteiger partial charge in [-0.25, -0.2) is 0 Å². The Morgan fingerprint density at radius 2 is 1.42 bits per heavy atom. The van der Waals surface area contributed by atoms with Gasteiger partial charge in [-0.3, -0.25) is 0 Å². The molecule has 4 heteroatoms. The van der Waals surface area contributed by atoms with E-state index in [0.717, 1.165) is 11.8 Å². The first kappa shape index (κ1) is 20.5. The second-order valence-electron chi connectivity index (χ2n) is 5.82. The van der Waals surface area contributed by atoms with Crippen LogP contribution in [-0.2, 0) is 65.4 Å². The van der Waals surface area contributed by atoms with Crippen LogP contribution < -0.4 is 0 Å². The van der Waals surface area contributed by atoms with Gasteiger partial charge in [-0.15, -0.1) is 0 Å². The molecule has 2 aliphatic rings. The molecule has 2 saturated carbocycles. The SMILES string of the molecule is [CH-]=NC1CCC(CC2CCCCC2N=[CH-])CC1.[Y].[Y]. The molecule has 0 heterocycles. The van der Waals surface area contributed by atoms with E-state index in [1.807, 2.05) is 0 Å². The van der Waals surface area contributed by atoms with Gasteiger partial charge in [0.1, 0.15) is 0 Å². The summed E-state index contributed by atoms with van der Waals surface area (Å²) in [7, 11) is 0. The summed E-state index contributed by atoms with van der Waals surface area (Å²) >= 11 is 0. The quantitative estimate of drug-likeness (QED) is 0.500. The fourth-order valence-electron chi connectivity index (χ4n) is 3.62. The smallest absolute Gasteiger partial charge is 0.0142 e. The van der Waals surface area contributed by atoms with Gasteiger partial charge < -0.3 is 23.4 Å². The van der Waals surface area contributed by atoms with Crippen molar-refractivity contribution in [1.82, 2.24) is 0 Å². The van der Waals surface area contributed by atoms with Gasteiger partial charge in [0.25, 0.3) is 0 Å². The Labute approximate surface area is 168 Å². The second-order valence-corrected chi connectivity index (χ2v) is 5.82. The van der Waals surface area contributed by atoms with Crippen LogP contribution in [-0.4, -0.2) is 25.5 Å². The van der Waals surface area contributed by atoms with Crippen LogP contribution in [0, 0.1) is 11.8 Å². The fraction of sp³-hybridized carbons (Fsp3) is 0.867. The molecule has 2 fully saturated rings. The van der Waals surface area contributed by atoms with Crippen molar-refractivity contribution in [3.05, 3.63) is 0 Å². The third-order valence-electron chi connectivity index (χ3n) is 4.72. The standard InChI is InChI=1S/C15H24N2.2Y/c1-16-14-9-7-12(8-10-14)11-13-5-3-4-6-15(13)17-2;;/h1-2,12-15H,3-11H2;;/q-2;;. The van der Waals surface area contributed by atoms with Gasteiger partial charge in [-0.05, 0) is 56.8 Å². The molecular weight excluding hydrogens is 386 g/mol. The topological polar surface area (TPSA) is 24.7 Å². The molecule has 19 heavy (non-hydrogen) atoms. The van der Waals surface area contributed by atoms with Gasteiger partial charge in [-0.1, -0.05) is 12.8 Å². The Morgan fingerprint density at radius 3 is 2.00 bits per heavy atom. The Balaban J connectivity index is 0.00000162. The number of hydrogen-bond acceptors (Lipinski definition) is 2. The van der Waals surface area contributed by atoms with E-state index < -0.39 is 0 Å². The third-order valence-corrected chi connectivity index (χ3v) is 4.72. The Kier molecular flexibility index (Phi) is 12.1. The maximum atomic E-state index is 5.54. The molecule has 0 aromatic carbocycles. The van der Waals surface area contributed by atoms with Crippen LogP contribution in [0.5, 0.6) is 0 Å². The molecule has 0 amide bonds. The summed E-state index contributed by atoms with van der Waals surface area (Å²) in [5.41, 5.74) is 0. The summed E-state index contributed by atoms with van der Waals surface area (Å²) in [6, 6.07) is 0.855. The van der Waals surface area contributed by atoms with Gasteiger partial charge in [0, 0.05) is 77.5 Å². The summed E-state index contributed by atoms with van der Waals surface area (Å²) in [6.07, 6.45) is 11.5. The molecule has 0 saturated heterocycles. The van der Waals surface area contributed by atoms with E-state index >= 15 is 0 Å². The van der Waals surface area contributed by atoms with E-state index in [2.05, 4.69) is 9.98 Å². The first-order valence-corrected chi connectivity index (χ1v) is 7.13. The van der Waals surface area contributed by atoms with Crippen LogP contribution >= 0.6 is 0 Å². The van der Waals surface area contributed by atoms with Crippen molar-refractivity contribution in [1.29, 1.82) is 0 Å². The van der Waals surface area contributed by atoms with E-state index in [4.69, 9.17) is 13.4 Å². The molecule has 2 aliphatic carbocycles. The first-order valence-electron chi connectivity index (χ1n) is 7.13. The summed E-state index contributed by atoms with van der Waals surface area (Å²) < 4.78 is 0. The molecule has 0 aliphatic heterocycles. The van der Waals surface area contributed by atoms with Crippen molar-refractivity contribution in [3.63, 3.8) is 0 Å². The molecular formula is C15H24N2Y2-2. The average molecular weight is 410 g/mol. The van der Waals surface area contributed by atoms with Crippen molar-refractivity contribution in [2.45, 2.75) is 69.9 Å². The molecule has 0 aromatic heterocycles.